The van der Waals surface area contributed by atoms with Crippen molar-refractivity contribution in [3.63, 3.8) is 0 Å². The minimum absolute atomic E-state index is 0.0346. The van der Waals surface area contributed by atoms with Gasteiger partial charge in [0.2, 0.25) is 5.88 Å². The largest absolute Gasteiger partial charge is 0.440 e. The van der Waals surface area contributed by atoms with Crippen LogP contribution in [0.3, 0.4) is 0 Å². The normalized spacial score (nSPS) is 9.19. The fraction of sp³-hybridized carbons (Fsp3) is 0.0667. The molecule has 0 amide bonds. The molecule has 0 saturated heterocycles. The Morgan fingerprint density at radius 1 is 1.14 bits per heavy atom. The highest BCUT2D eigenvalue weighted by Crippen LogP contribution is 2.23. The summed E-state index contributed by atoms with van der Waals surface area (Å²) in [6, 6.07) is 8.64. The van der Waals surface area contributed by atoms with Gasteiger partial charge in [0, 0.05) is 11.3 Å². The average Bonchev–Trinajstić information content (AvgIpc) is 2.45. The van der Waals surface area contributed by atoms with Crippen molar-refractivity contribution in [2.75, 3.05) is 0 Å². The maximum atomic E-state index is 11.9. The number of nitrogens with one attached hydrogen (secondary N) is 2. The van der Waals surface area contributed by atoms with Crippen LogP contribution < -0.4 is 16.0 Å². The van der Waals surface area contributed by atoms with Gasteiger partial charge in [-0.2, -0.15) is 0 Å². The SMILES string of the molecule is CC(=C=C=C=O)c1c(Oc2ccccc2)[nH]c(=O)[nH]c1=O. The van der Waals surface area contributed by atoms with Crippen LogP contribution in [0.4, 0.5) is 0 Å². The zero-order chi connectivity index (χ0) is 15.2. The molecule has 2 aromatic rings. The number of aromatic amines is 2. The van der Waals surface area contributed by atoms with Crippen molar-refractivity contribution in [1.82, 2.24) is 9.97 Å². The van der Waals surface area contributed by atoms with Crippen LogP contribution in [-0.2, 0) is 4.79 Å². The maximum Gasteiger partial charge on any atom is 0.328 e. The molecule has 0 radical (unpaired) electrons. The zero-order valence-corrected chi connectivity index (χ0v) is 11.0. The van der Waals surface area contributed by atoms with E-state index in [0.717, 1.165) is 0 Å². The second-order valence-corrected chi connectivity index (χ2v) is 4.00. The molecule has 2 rings (SSSR count). The van der Waals surface area contributed by atoms with E-state index < -0.39 is 11.2 Å². The van der Waals surface area contributed by atoms with Crippen LogP contribution >= 0.6 is 0 Å². The molecule has 0 spiro atoms. The van der Waals surface area contributed by atoms with Crippen molar-refractivity contribution in [1.29, 1.82) is 0 Å². The van der Waals surface area contributed by atoms with E-state index in [1.807, 2.05) is 0 Å². The molecular formula is C15H10N2O4. The molecule has 0 aliphatic carbocycles. The Morgan fingerprint density at radius 3 is 2.52 bits per heavy atom. The number of rotatable bonds is 3. The topological polar surface area (TPSA) is 92.0 Å². The lowest BCUT2D eigenvalue weighted by molar-refractivity contribution is 0.456. The van der Waals surface area contributed by atoms with E-state index >= 15 is 0 Å². The van der Waals surface area contributed by atoms with Crippen molar-refractivity contribution in [3.8, 4) is 11.6 Å². The zero-order valence-electron chi connectivity index (χ0n) is 11.0. The maximum absolute atomic E-state index is 11.9. The summed E-state index contributed by atoms with van der Waals surface area (Å²) >= 11 is 0. The summed E-state index contributed by atoms with van der Waals surface area (Å²) in [5.74, 6) is 1.82. The van der Waals surface area contributed by atoms with Crippen molar-refractivity contribution in [2.45, 2.75) is 6.92 Å². The molecule has 6 heteroatoms. The minimum atomic E-state index is -0.697. The number of carbonyl (C=O) groups excluding carboxylic acids is 1. The number of aromatic nitrogens is 2. The van der Waals surface area contributed by atoms with Crippen LogP contribution in [0, 0.1) is 0 Å². The lowest BCUT2D eigenvalue weighted by Gasteiger charge is -2.08. The smallest absolute Gasteiger partial charge is 0.328 e. The molecule has 1 heterocycles. The number of H-pyrrole nitrogens is 2. The molecule has 0 saturated carbocycles. The van der Waals surface area contributed by atoms with Crippen LogP contribution in [0.15, 0.2) is 51.4 Å². The second kappa shape index (κ2) is 6.24. The average molecular weight is 282 g/mol. The van der Waals surface area contributed by atoms with Gasteiger partial charge in [0.05, 0.1) is 0 Å². The minimum Gasteiger partial charge on any atom is -0.440 e. The predicted molar refractivity (Wildman–Crippen MR) is 76.0 cm³/mol. The summed E-state index contributed by atoms with van der Waals surface area (Å²) in [6.07, 6.45) is 0. The first-order valence-electron chi connectivity index (χ1n) is 5.93. The number of benzene rings is 1. The van der Waals surface area contributed by atoms with E-state index in [1.165, 1.54) is 12.9 Å². The van der Waals surface area contributed by atoms with Gasteiger partial charge in [-0.15, -0.1) is 0 Å². The van der Waals surface area contributed by atoms with Gasteiger partial charge < -0.3 is 4.74 Å². The van der Waals surface area contributed by atoms with Gasteiger partial charge in [-0.3, -0.25) is 14.8 Å². The monoisotopic (exact) mass is 282 g/mol. The van der Waals surface area contributed by atoms with Crippen LogP contribution in [0.5, 0.6) is 11.6 Å². The molecule has 6 nitrogen and oxygen atoms in total. The molecule has 0 unspecified atom stereocenters. The third-order valence-corrected chi connectivity index (χ3v) is 2.55. The van der Waals surface area contributed by atoms with Gasteiger partial charge in [0.15, 0.2) is 5.94 Å². The molecule has 104 valence electrons. The van der Waals surface area contributed by atoms with Gasteiger partial charge >= 0.3 is 5.69 Å². The van der Waals surface area contributed by atoms with Crippen molar-refractivity contribution in [3.05, 3.63) is 68.2 Å². The van der Waals surface area contributed by atoms with Gasteiger partial charge in [-0.25, -0.2) is 9.59 Å². The van der Waals surface area contributed by atoms with Gasteiger partial charge in [-0.05, 0) is 19.1 Å². The van der Waals surface area contributed by atoms with E-state index in [2.05, 4.69) is 21.4 Å². The Hall–Kier alpha value is -3.29. The molecular weight excluding hydrogens is 272 g/mol. The fourth-order valence-electron chi connectivity index (χ4n) is 1.67. The molecule has 0 aliphatic heterocycles. The van der Waals surface area contributed by atoms with Crippen LogP contribution in [0.2, 0.25) is 0 Å². The Bertz CT molecular complexity index is 889. The third kappa shape index (κ3) is 3.38. The molecule has 0 atom stereocenters. The van der Waals surface area contributed by atoms with Gasteiger partial charge in [0.1, 0.15) is 11.3 Å². The van der Waals surface area contributed by atoms with Gasteiger partial charge in [-0.1, -0.05) is 23.9 Å². The summed E-state index contributed by atoms with van der Waals surface area (Å²) < 4.78 is 5.51. The Kier molecular flexibility index (Phi) is 4.20. The summed E-state index contributed by atoms with van der Waals surface area (Å²) in [5.41, 5.74) is 3.53. The fourth-order valence-corrected chi connectivity index (χ4v) is 1.67. The van der Waals surface area contributed by atoms with Crippen molar-refractivity contribution < 1.29 is 9.53 Å². The summed E-state index contributed by atoms with van der Waals surface area (Å²) in [4.78, 5) is 38.0. The van der Waals surface area contributed by atoms with E-state index in [0.29, 0.717) is 5.75 Å². The molecule has 21 heavy (non-hydrogen) atoms. The molecule has 0 aliphatic rings. The molecule has 0 fully saturated rings. The highest BCUT2D eigenvalue weighted by atomic mass is 16.5. The van der Waals surface area contributed by atoms with E-state index in [1.54, 1.807) is 30.3 Å². The lowest BCUT2D eigenvalue weighted by Crippen LogP contribution is -2.25. The summed E-state index contributed by atoms with van der Waals surface area (Å²) in [6.45, 7) is 1.53. The van der Waals surface area contributed by atoms with E-state index in [-0.39, 0.29) is 17.0 Å². The number of hydrogen-bond acceptors (Lipinski definition) is 4. The quantitative estimate of drug-likeness (QED) is 0.657. The first-order chi connectivity index (χ1) is 10.1. The number of allylic oxidation sites excluding steroid dienone is 1. The van der Waals surface area contributed by atoms with Crippen LogP contribution in [0.25, 0.3) is 5.57 Å². The standard InChI is InChI=1S/C15H10N2O4/c1-10(6-5-9-18)12-13(19)16-15(20)17-14(12)21-11-7-3-2-4-8-11/h2-4,7-8H,1H3,(H2,16,17,19,20). The van der Waals surface area contributed by atoms with Crippen molar-refractivity contribution in [2.24, 2.45) is 0 Å². The lowest BCUT2D eigenvalue weighted by atomic mass is 10.1. The summed E-state index contributed by atoms with van der Waals surface area (Å²) in [7, 11) is 0. The van der Waals surface area contributed by atoms with E-state index in [9.17, 15) is 14.4 Å². The molecule has 1 aromatic heterocycles. The first kappa shape index (κ1) is 14.1. The predicted octanol–water partition coefficient (Wildman–Crippen LogP) is 1.40. The van der Waals surface area contributed by atoms with Gasteiger partial charge in [0.25, 0.3) is 5.56 Å². The number of hydrogen-bond donors (Lipinski definition) is 2. The Labute approximate surface area is 118 Å². The molecule has 2 N–H and O–H groups in total. The number of ether oxygens (including phenoxy) is 1. The third-order valence-electron chi connectivity index (χ3n) is 2.55. The molecule has 0 bridgehead atoms. The number of para-hydroxylation sites is 1. The summed E-state index contributed by atoms with van der Waals surface area (Å²) in [5, 5.41) is 0. The molecule has 1 aromatic carbocycles. The Morgan fingerprint density at radius 2 is 1.86 bits per heavy atom. The first-order valence-corrected chi connectivity index (χ1v) is 5.93. The Balaban J connectivity index is 2.65. The van der Waals surface area contributed by atoms with Crippen LogP contribution in [-0.4, -0.2) is 15.9 Å². The highest BCUT2D eigenvalue weighted by Gasteiger charge is 2.13. The van der Waals surface area contributed by atoms with Crippen molar-refractivity contribution >= 4 is 11.5 Å². The van der Waals surface area contributed by atoms with Crippen LogP contribution in [0.1, 0.15) is 12.5 Å². The van der Waals surface area contributed by atoms with E-state index in [4.69, 9.17) is 4.74 Å². The highest BCUT2D eigenvalue weighted by molar-refractivity contribution is 5.67. The second-order valence-electron chi connectivity index (χ2n) is 4.00.